The monoisotopic (exact) mass is 600 g/mol. The minimum Gasteiger partial charge on any atom is -0.351 e. The molecule has 0 amide bonds. The SMILES string of the molecule is [C-]#[N+]C(C#N)=NC1=Cc2cc3c(cc2C12CCCCC2)-c1cc2c(cc1C31CCCCC1)C=C(N=C(C#N)[N+]#[C-])C21CCCCC1. The van der Waals surface area contributed by atoms with E-state index in [4.69, 9.17) is 23.1 Å². The molecule has 6 aliphatic carbocycles. The zero-order chi connectivity index (χ0) is 31.5. The molecule has 0 atom stereocenters. The average molecular weight is 601 g/mol. The molecule has 2 aromatic carbocycles. The van der Waals surface area contributed by atoms with Gasteiger partial charge in [-0.15, -0.1) is 9.98 Å². The predicted molar refractivity (Wildman–Crippen MR) is 181 cm³/mol. The molecule has 0 aromatic heterocycles. The van der Waals surface area contributed by atoms with E-state index in [1.165, 1.54) is 76.6 Å². The molecule has 0 aliphatic heterocycles. The summed E-state index contributed by atoms with van der Waals surface area (Å²) in [5, 5.41) is 19.2. The minimum atomic E-state index is -0.254. The van der Waals surface area contributed by atoms with E-state index in [1.54, 1.807) is 0 Å². The van der Waals surface area contributed by atoms with Crippen LogP contribution in [0.15, 0.2) is 45.6 Å². The smallest absolute Gasteiger partial charge is 0.349 e. The van der Waals surface area contributed by atoms with E-state index in [2.05, 4.69) is 46.1 Å². The van der Waals surface area contributed by atoms with Crippen LogP contribution >= 0.6 is 0 Å². The fraction of sp³-hybridized carbons (Fsp3) is 0.450. The lowest BCUT2D eigenvalue weighted by Crippen LogP contribution is -2.30. The first-order valence-corrected chi connectivity index (χ1v) is 17.1. The number of allylic oxidation sites excluding steroid dienone is 2. The van der Waals surface area contributed by atoms with Crippen LogP contribution in [0.2, 0.25) is 0 Å². The van der Waals surface area contributed by atoms with E-state index < -0.39 is 0 Å². The van der Waals surface area contributed by atoms with E-state index in [0.29, 0.717) is 0 Å². The second-order valence-corrected chi connectivity index (χ2v) is 14.3. The van der Waals surface area contributed by atoms with Gasteiger partial charge in [0.25, 0.3) is 0 Å². The maximum absolute atomic E-state index is 9.61. The minimum absolute atomic E-state index is 0.0468. The Morgan fingerprint density at radius 3 is 1.26 bits per heavy atom. The maximum atomic E-state index is 9.61. The summed E-state index contributed by atoms with van der Waals surface area (Å²) in [5.41, 5.74) is 11.9. The van der Waals surface area contributed by atoms with Crippen molar-refractivity contribution in [2.45, 2.75) is 113 Å². The molecule has 8 rings (SSSR count). The number of fused-ring (bicyclic) bond motifs is 9. The third-order valence-corrected chi connectivity index (χ3v) is 12.3. The van der Waals surface area contributed by atoms with Crippen LogP contribution in [0.25, 0.3) is 33.0 Å². The molecule has 0 N–H and O–H groups in total. The standard InChI is InChI=1S/C40H36N6/c1-43-36(24-41)45-34-20-26-18-32-28(22-30(26)39(34)14-8-4-9-15-39)29-23-31-27(19-33(29)38(32)12-6-3-7-13-38)21-35(46-37(25-42)44-2)40(31)16-10-5-11-17-40/h18-23H,3-17H2. The van der Waals surface area contributed by atoms with Gasteiger partial charge in [0.1, 0.15) is 23.5 Å². The van der Waals surface area contributed by atoms with Crippen molar-refractivity contribution in [1.29, 1.82) is 10.5 Å². The highest BCUT2D eigenvalue weighted by molar-refractivity contribution is 6.06. The molecule has 0 radical (unpaired) electrons. The van der Waals surface area contributed by atoms with Gasteiger partial charge in [0.2, 0.25) is 0 Å². The van der Waals surface area contributed by atoms with Crippen molar-refractivity contribution in [3.63, 3.8) is 0 Å². The summed E-state index contributed by atoms with van der Waals surface area (Å²) in [7, 11) is 0. The van der Waals surface area contributed by atoms with Crippen molar-refractivity contribution in [3.05, 3.63) is 91.9 Å². The first kappa shape index (κ1) is 28.7. The molecule has 0 unspecified atom stereocenters. The number of nitrogens with zero attached hydrogens (tertiary/aromatic N) is 6. The van der Waals surface area contributed by atoms with Crippen molar-refractivity contribution in [1.82, 2.24) is 0 Å². The topological polar surface area (TPSA) is 81.0 Å². The third-order valence-electron chi connectivity index (χ3n) is 12.3. The summed E-state index contributed by atoms with van der Waals surface area (Å²) in [6.07, 6.45) is 21.1. The third kappa shape index (κ3) is 3.90. The van der Waals surface area contributed by atoms with Crippen LogP contribution in [0.1, 0.15) is 130 Å². The summed E-state index contributed by atoms with van der Waals surface area (Å²) in [4.78, 5) is 16.3. The Bertz CT molecular complexity index is 1800. The highest BCUT2D eigenvalue weighted by Gasteiger charge is 2.52. The van der Waals surface area contributed by atoms with Crippen molar-refractivity contribution < 1.29 is 0 Å². The number of benzene rings is 2. The average Bonchev–Trinajstić information content (AvgIpc) is 3.64. The van der Waals surface area contributed by atoms with Gasteiger partial charge in [0.05, 0.1) is 10.8 Å². The van der Waals surface area contributed by atoms with Crippen LogP contribution < -0.4 is 0 Å². The summed E-state index contributed by atoms with van der Waals surface area (Å²) in [6.45, 7) is 15.0. The molecule has 2 aromatic rings. The van der Waals surface area contributed by atoms with Crippen LogP contribution in [0.3, 0.4) is 0 Å². The summed E-state index contributed by atoms with van der Waals surface area (Å²) >= 11 is 0. The molecule has 0 bridgehead atoms. The van der Waals surface area contributed by atoms with Crippen molar-refractivity contribution >= 4 is 23.8 Å². The van der Waals surface area contributed by atoms with Crippen LogP contribution in [0.4, 0.5) is 0 Å². The molecule has 0 saturated heterocycles. The Morgan fingerprint density at radius 1 is 0.543 bits per heavy atom. The Labute approximate surface area is 271 Å². The number of nitriles is 2. The Hall–Kier alpha value is -4.78. The number of rotatable bonds is 2. The molecule has 6 aliphatic rings. The summed E-state index contributed by atoms with van der Waals surface area (Å²) in [5.74, 6) is -0.162. The number of hydrogen-bond donors (Lipinski definition) is 0. The van der Waals surface area contributed by atoms with Gasteiger partial charge in [-0.2, -0.15) is 0 Å². The van der Waals surface area contributed by atoms with Gasteiger partial charge in [-0.3, -0.25) is 0 Å². The van der Waals surface area contributed by atoms with Crippen molar-refractivity contribution in [3.8, 4) is 23.3 Å². The van der Waals surface area contributed by atoms with E-state index in [9.17, 15) is 10.5 Å². The summed E-state index contributed by atoms with van der Waals surface area (Å²) < 4.78 is 0. The Balaban J connectivity index is 1.35. The number of hydrogen-bond acceptors (Lipinski definition) is 4. The zero-order valence-electron chi connectivity index (χ0n) is 26.3. The lowest BCUT2D eigenvalue weighted by atomic mass is 9.66. The molecular weight excluding hydrogens is 564 g/mol. The largest absolute Gasteiger partial charge is 0.351 e. The predicted octanol–water partition coefficient (Wildman–Crippen LogP) is 9.71. The number of amidine groups is 2. The highest BCUT2D eigenvalue weighted by atomic mass is 14.9. The molecule has 226 valence electrons. The summed E-state index contributed by atoms with van der Waals surface area (Å²) in [6, 6.07) is 13.9. The van der Waals surface area contributed by atoms with Gasteiger partial charge in [-0.05, 0) is 119 Å². The lowest BCUT2D eigenvalue weighted by Gasteiger charge is -2.37. The lowest BCUT2D eigenvalue weighted by molar-refractivity contribution is 0.341. The zero-order valence-corrected chi connectivity index (χ0v) is 26.3. The molecule has 3 spiro atoms. The van der Waals surface area contributed by atoms with Crippen LogP contribution in [0, 0.1) is 35.8 Å². The van der Waals surface area contributed by atoms with Gasteiger partial charge in [-0.25, -0.2) is 10.5 Å². The van der Waals surface area contributed by atoms with E-state index in [1.807, 2.05) is 12.1 Å². The Morgan fingerprint density at radius 2 is 0.913 bits per heavy atom. The van der Waals surface area contributed by atoms with E-state index in [-0.39, 0.29) is 27.9 Å². The van der Waals surface area contributed by atoms with E-state index >= 15 is 0 Å². The first-order valence-electron chi connectivity index (χ1n) is 17.1. The van der Waals surface area contributed by atoms with Crippen LogP contribution in [-0.4, -0.2) is 11.7 Å². The van der Waals surface area contributed by atoms with Gasteiger partial charge in [0.15, 0.2) is 0 Å². The van der Waals surface area contributed by atoms with Gasteiger partial charge in [-0.1, -0.05) is 70.9 Å². The fourth-order valence-corrected chi connectivity index (χ4v) is 10.2. The van der Waals surface area contributed by atoms with Gasteiger partial charge < -0.3 is 9.69 Å². The van der Waals surface area contributed by atoms with Gasteiger partial charge in [0, 0.05) is 5.41 Å². The molecular formula is C40H36N6. The molecule has 46 heavy (non-hydrogen) atoms. The molecule has 6 heteroatoms. The maximum Gasteiger partial charge on any atom is 0.349 e. The highest BCUT2D eigenvalue weighted by Crippen LogP contribution is 2.62. The van der Waals surface area contributed by atoms with Crippen LogP contribution in [-0.2, 0) is 16.2 Å². The number of aliphatic imine (C=N–C) groups is 2. The van der Waals surface area contributed by atoms with E-state index in [0.717, 1.165) is 75.6 Å². The normalized spacial score (nSPS) is 22.9. The molecule has 3 saturated carbocycles. The van der Waals surface area contributed by atoms with Gasteiger partial charge >= 0.3 is 11.7 Å². The van der Waals surface area contributed by atoms with Crippen molar-refractivity contribution in [2.24, 2.45) is 9.98 Å². The quantitative estimate of drug-likeness (QED) is 0.195. The van der Waals surface area contributed by atoms with Crippen LogP contribution in [0.5, 0.6) is 0 Å². The fourth-order valence-electron chi connectivity index (χ4n) is 10.2. The Kier molecular flexibility index (Phi) is 6.64. The molecule has 0 heterocycles. The molecule has 3 fully saturated rings. The van der Waals surface area contributed by atoms with Crippen molar-refractivity contribution in [2.75, 3.05) is 0 Å². The second kappa shape index (κ2) is 10.6. The molecule has 6 nitrogen and oxygen atoms in total. The first-order chi connectivity index (χ1) is 22.5. The second-order valence-electron chi connectivity index (χ2n) is 14.3.